The molecule has 0 spiro atoms. The molecular formula is C6H13NO9S2. The Balaban J connectivity index is 2.55. The highest BCUT2D eigenvalue weighted by Crippen LogP contribution is 2.16. The minimum Gasteiger partial charge on any atom is -0.389 e. The molecule has 10 nitrogen and oxygen atoms in total. The van der Waals surface area contributed by atoms with Crippen LogP contribution in [-0.2, 0) is 30.6 Å². The fraction of sp³-hybridized carbons (Fsp3) is 1.00. The van der Waals surface area contributed by atoms with Gasteiger partial charge in [0.2, 0.25) is 11.3 Å². The van der Waals surface area contributed by atoms with Gasteiger partial charge in [0.15, 0.2) is 0 Å². The minimum absolute atomic E-state index is 0.246. The average molecular weight is 307 g/mol. The molecule has 1 aliphatic rings. The molecule has 1 fully saturated rings. The molecule has 0 aliphatic carbocycles. The summed E-state index contributed by atoms with van der Waals surface area (Å²) >= 11 is -2.40. The van der Waals surface area contributed by atoms with Gasteiger partial charge in [-0.3, -0.25) is 9.11 Å². The summed E-state index contributed by atoms with van der Waals surface area (Å²) in [5, 5.41) is 19.1. The zero-order valence-electron chi connectivity index (χ0n) is 8.87. The predicted octanol–water partition coefficient (Wildman–Crippen LogP) is -2.98. The first-order chi connectivity index (χ1) is 8.20. The van der Waals surface area contributed by atoms with Gasteiger partial charge in [-0.05, 0) is 0 Å². The molecule has 1 aliphatic heterocycles. The highest BCUT2D eigenvalue weighted by atomic mass is 32.3. The molecule has 1 unspecified atom stereocenters. The number of aliphatic hydroxyl groups is 2. The highest BCUT2D eigenvalue weighted by molar-refractivity contribution is 7.80. The van der Waals surface area contributed by atoms with Crippen LogP contribution >= 0.6 is 0 Å². The molecule has 1 heterocycles. The summed E-state index contributed by atoms with van der Waals surface area (Å²) < 4.78 is 59.0. The van der Waals surface area contributed by atoms with E-state index in [-0.39, 0.29) is 6.61 Å². The lowest BCUT2D eigenvalue weighted by atomic mass is 9.99. The molecule has 12 heteroatoms. The lowest BCUT2D eigenvalue weighted by Crippen LogP contribution is -2.59. The second kappa shape index (κ2) is 6.31. The number of aliphatic hydroxyl groups excluding tert-OH is 2. The molecule has 0 saturated carbocycles. The first kappa shape index (κ1) is 15.9. The van der Waals surface area contributed by atoms with Gasteiger partial charge in [0, 0.05) is 0 Å². The van der Waals surface area contributed by atoms with E-state index in [0.29, 0.717) is 0 Å². The van der Waals surface area contributed by atoms with Crippen LogP contribution in [0, 0.1) is 0 Å². The van der Waals surface area contributed by atoms with Crippen molar-refractivity contribution in [1.29, 1.82) is 0 Å². The lowest BCUT2D eigenvalue weighted by molar-refractivity contribution is -0.156. The van der Waals surface area contributed by atoms with Crippen LogP contribution in [0.2, 0.25) is 0 Å². The summed E-state index contributed by atoms with van der Waals surface area (Å²) in [5.74, 6) is 0. The summed E-state index contributed by atoms with van der Waals surface area (Å²) in [6.07, 6.45) is -4.18. The van der Waals surface area contributed by atoms with Crippen molar-refractivity contribution in [2.45, 2.75) is 24.4 Å². The molecular weight excluding hydrogens is 294 g/mol. The van der Waals surface area contributed by atoms with Crippen molar-refractivity contribution in [2.75, 3.05) is 13.2 Å². The quantitative estimate of drug-likeness (QED) is 0.263. The van der Waals surface area contributed by atoms with Crippen molar-refractivity contribution in [2.24, 2.45) is 0 Å². The van der Waals surface area contributed by atoms with Crippen molar-refractivity contribution in [3.63, 3.8) is 0 Å². The Morgan fingerprint density at radius 2 is 2.00 bits per heavy atom. The third-order valence-electron chi connectivity index (χ3n) is 2.27. The number of nitrogens with one attached hydrogen (secondary N) is 1. The van der Waals surface area contributed by atoms with Crippen LogP contribution in [0.4, 0.5) is 0 Å². The van der Waals surface area contributed by atoms with Crippen molar-refractivity contribution in [1.82, 2.24) is 4.72 Å². The van der Waals surface area contributed by atoms with E-state index in [1.54, 1.807) is 0 Å². The monoisotopic (exact) mass is 307 g/mol. The Hall–Kier alpha value is -0.180. The average Bonchev–Trinajstić information content (AvgIpc) is 2.22. The Bertz CT molecular complexity index is 398. The summed E-state index contributed by atoms with van der Waals surface area (Å²) in [5.41, 5.74) is 0. The molecule has 0 aromatic carbocycles. The largest absolute Gasteiger partial charge is 0.397 e. The van der Waals surface area contributed by atoms with Gasteiger partial charge in [-0.2, -0.15) is 8.42 Å². The van der Waals surface area contributed by atoms with E-state index in [4.69, 9.17) is 13.8 Å². The van der Waals surface area contributed by atoms with Crippen LogP contribution < -0.4 is 4.72 Å². The summed E-state index contributed by atoms with van der Waals surface area (Å²) in [6, 6.07) is -0.993. The van der Waals surface area contributed by atoms with Crippen LogP contribution in [0.15, 0.2) is 0 Å². The molecule has 0 aromatic rings. The van der Waals surface area contributed by atoms with E-state index in [9.17, 15) is 22.8 Å². The van der Waals surface area contributed by atoms with E-state index < -0.39 is 52.6 Å². The third-order valence-corrected chi connectivity index (χ3v) is 3.20. The molecule has 0 aromatic heterocycles. The van der Waals surface area contributed by atoms with Gasteiger partial charge in [0.25, 0.3) is 0 Å². The summed E-state index contributed by atoms with van der Waals surface area (Å²) in [7, 11) is -4.67. The van der Waals surface area contributed by atoms with E-state index in [1.807, 2.05) is 4.72 Å². The van der Waals surface area contributed by atoms with Crippen LogP contribution in [0.5, 0.6) is 0 Å². The number of rotatable bonds is 5. The molecule has 0 bridgehead atoms. The maximum atomic E-state index is 10.5. The fourth-order valence-electron chi connectivity index (χ4n) is 1.42. The minimum atomic E-state index is -4.67. The Labute approximate surface area is 105 Å². The molecule has 5 N–H and O–H groups in total. The number of ether oxygens (including phenoxy) is 1. The van der Waals surface area contributed by atoms with E-state index in [2.05, 4.69) is 4.18 Å². The van der Waals surface area contributed by atoms with Crippen LogP contribution in [-0.4, -0.2) is 69.5 Å². The van der Waals surface area contributed by atoms with Gasteiger partial charge in [0.1, 0.15) is 18.3 Å². The standard InChI is InChI=1S/C6H13NO9S2/c8-5-3(7-17(10)11)1-15-4(6(5)9)2-16-18(12,13)14/h3-9H,1-2H2,(H,10,11)(H,12,13,14)/t3-,4+,5+,6+/m0/s1. The predicted molar refractivity (Wildman–Crippen MR) is 56.9 cm³/mol. The first-order valence-electron chi connectivity index (χ1n) is 4.67. The second-order valence-electron chi connectivity index (χ2n) is 3.54. The Kier molecular flexibility index (Phi) is 5.57. The SMILES string of the molecule is O=S(O)N[C@H]1CO[C@H](COS(=O)(=O)O)[C@@H](O)[C@@H]1O. The number of hydrogen-bond donors (Lipinski definition) is 5. The van der Waals surface area contributed by atoms with Gasteiger partial charge in [-0.25, -0.2) is 13.1 Å². The lowest BCUT2D eigenvalue weighted by Gasteiger charge is -2.36. The van der Waals surface area contributed by atoms with E-state index in [0.717, 1.165) is 0 Å². The van der Waals surface area contributed by atoms with Gasteiger partial charge < -0.3 is 14.9 Å². The molecule has 1 rings (SSSR count). The van der Waals surface area contributed by atoms with Gasteiger partial charge in [-0.15, -0.1) is 0 Å². The Morgan fingerprint density at radius 1 is 1.39 bits per heavy atom. The zero-order chi connectivity index (χ0) is 13.9. The van der Waals surface area contributed by atoms with Crippen molar-refractivity contribution in [3.8, 4) is 0 Å². The van der Waals surface area contributed by atoms with Gasteiger partial charge in [-0.1, -0.05) is 0 Å². The van der Waals surface area contributed by atoms with Crippen LogP contribution in [0.3, 0.4) is 0 Å². The van der Waals surface area contributed by atoms with E-state index >= 15 is 0 Å². The maximum absolute atomic E-state index is 10.5. The Morgan fingerprint density at radius 3 is 2.50 bits per heavy atom. The van der Waals surface area contributed by atoms with Crippen molar-refractivity contribution in [3.05, 3.63) is 0 Å². The van der Waals surface area contributed by atoms with Crippen LogP contribution in [0.1, 0.15) is 0 Å². The smallest absolute Gasteiger partial charge is 0.389 e. The normalized spacial score (nSPS) is 35.3. The second-order valence-corrected chi connectivity index (χ2v) is 5.36. The molecule has 5 atom stereocenters. The van der Waals surface area contributed by atoms with E-state index in [1.165, 1.54) is 0 Å². The van der Waals surface area contributed by atoms with Gasteiger partial charge >= 0.3 is 10.4 Å². The maximum Gasteiger partial charge on any atom is 0.397 e. The molecule has 108 valence electrons. The van der Waals surface area contributed by atoms with Gasteiger partial charge in [0.05, 0.1) is 19.3 Å². The van der Waals surface area contributed by atoms with Crippen molar-refractivity contribution >= 4 is 21.7 Å². The molecule has 18 heavy (non-hydrogen) atoms. The van der Waals surface area contributed by atoms with Crippen molar-refractivity contribution < 1.29 is 40.9 Å². The number of hydrogen-bond acceptors (Lipinski definition) is 7. The molecule has 0 amide bonds. The van der Waals surface area contributed by atoms with Crippen LogP contribution in [0.25, 0.3) is 0 Å². The fourth-order valence-corrected chi connectivity index (χ4v) is 2.19. The zero-order valence-corrected chi connectivity index (χ0v) is 10.5. The summed E-state index contributed by atoms with van der Waals surface area (Å²) in [4.78, 5) is 0. The third kappa shape index (κ3) is 4.83. The first-order valence-corrected chi connectivity index (χ1v) is 7.14. The topological polar surface area (TPSA) is 163 Å². The summed E-state index contributed by atoms with van der Waals surface area (Å²) in [6.45, 7) is -0.935. The molecule has 0 radical (unpaired) electrons. The highest BCUT2D eigenvalue weighted by Gasteiger charge is 2.39. The molecule has 1 saturated heterocycles.